The summed E-state index contributed by atoms with van der Waals surface area (Å²) in [5, 5.41) is 0. The largest absolute Gasteiger partial charge is 0.496 e. The molecule has 0 radical (unpaired) electrons. The Bertz CT molecular complexity index is 458. The van der Waals surface area contributed by atoms with Crippen LogP contribution in [-0.4, -0.2) is 7.11 Å². The summed E-state index contributed by atoms with van der Waals surface area (Å²) in [6.45, 7) is 4.24. The van der Waals surface area contributed by atoms with Crippen LogP contribution in [0.15, 0.2) is 12.1 Å². The molecule has 2 aliphatic carbocycles. The molecule has 0 aromatic heterocycles. The zero-order chi connectivity index (χ0) is 12.9. The number of ether oxygens (including phenoxy) is 1. The highest BCUT2D eigenvalue weighted by atomic mass is 16.5. The van der Waals surface area contributed by atoms with E-state index in [2.05, 4.69) is 26.0 Å². The third-order valence-corrected chi connectivity index (χ3v) is 5.06. The fourth-order valence-corrected chi connectivity index (χ4v) is 3.65. The van der Waals surface area contributed by atoms with Crippen molar-refractivity contribution in [1.82, 2.24) is 0 Å². The second kappa shape index (κ2) is 4.27. The highest BCUT2D eigenvalue weighted by Crippen LogP contribution is 2.57. The number of rotatable bonds is 3. The summed E-state index contributed by atoms with van der Waals surface area (Å²) in [5.74, 6) is 3.63. The van der Waals surface area contributed by atoms with Gasteiger partial charge in [-0.1, -0.05) is 12.1 Å². The van der Waals surface area contributed by atoms with E-state index in [1.54, 1.807) is 7.11 Å². The van der Waals surface area contributed by atoms with E-state index < -0.39 is 0 Å². The number of nitrogens with two attached hydrogens (primary N) is 1. The molecule has 2 N–H and O–H groups in total. The van der Waals surface area contributed by atoms with Gasteiger partial charge < -0.3 is 10.5 Å². The molecule has 2 heteroatoms. The van der Waals surface area contributed by atoms with Crippen LogP contribution in [-0.2, 0) is 0 Å². The highest BCUT2D eigenvalue weighted by molar-refractivity contribution is 5.47. The lowest BCUT2D eigenvalue weighted by molar-refractivity contribution is 0.369. The molecule has 0 aliphatic heterocycles. The van der Waals surface area contributed by atoms with Crippen LogP contribution in [0.5, 0.6) is 5.75 Å². The number of methoxy groups -OCH3 is 1. The molecule has 2 aliphatic rings. The molecule has 98 valence electrons. The summed E-state index contributed by atoms with van der Waals surface area (Å²) in [4.78, 5) is 0. The Hall–Kier alpha value is -1.02. The van der Waals surface area contributed by atoms with Crippen LogP contribution in [0.4, 0.5) is 0 Å². The molecule has 2 saturated carbocycles. The summed E-state index contributed by atoms with van der Waals surface area (Å²) in [6, 6.07) is 4.48. The van der Waals surface area contributed by atoms with E-state index in [1.165, 1.54) is 36.0 Å². The molecule has 0 heterocycles. The van der Waals surface area contributed by atoms with E-state index in [9.17, 15) is 0 Å². The minimum Gasteiger partial charge on any atom is -0.496 e. The first-order valence-electron chi connectivity index (χ1n) is 7.01. The Balaban J connectivity index is 1.88. The molecule has 0 spiro atoms. The summed E-state index contributed by atoms with van der Waals surface area (Å²) in [5.41, 5.74) is 10.2. The van der Waals surface area contributed by atoms with Gasteiger partial charge >= 0.3 is 0 Å². The predicted octanol–water partition coefficient (Wildman–Crippen LogP) is 3.36. The van der Waals surface area contributed by atoms with Crippen molar-refractivity contribution in [2.24, 2.45) is 23.5 Å². The summed E-state index contributed by atoms with van der Waals surface area (Å²) in [6.07, 6.45) is 4.09. The number of aryl methyl sites for hydroxylation is 1. The number of fused-ring (bicyclic) bond motifs is 1. The Labute approximate surface area is 110 Å². The van der Waals surface area contributed by atoms with Crippen LogP contribution in [0.3, 0.4) is 0 Å². The first-order chi connectivity index (χ1) is 8.61. The van der Waals surface area contributed by atoms with Crippen LogP contribution in [0.1, 0.15) is 42.0 Å². The molecule has 1 aromatic carbocycles. The zero-order valence-electron chi connectivity index (χ0n) is 11.6. The Morgan fingerprint density at radius 2 is 1.83 bits per heavy atom. The van der Waals surface area contributed by atoms with Gasteiger partial charge in [0.1, 0.15) is 5.75 Å². The van der Waals surface area contributed by atoms with Gasteiger partial charge in [0.15, 0.2) is 0 Å². The Morgan fingerprint density at radius 1 is 1.17 bits per heavy atom. The van der Waals surface area contributed by atoms with Crippen LogP contribution in [0, 0.1) is 31.6 Å². The molecule has 18 heavy (non-hydrogen) atoms. The van der Waals surface area contributed by atoms with Crippen molar-refractivity contribution in [1.29, 1.82) is 0 Å². The van der Waals surface area contributed by atoms with Crippen LogP contribution in [0.2, 0.25) is 0 Å². The van der Waals surface area contributed by atoms with E-state index in [1.807, 2.05) is 0 Å². The SMILES string of the molecule is COc1c(C(N)C2CC3CC3C2)ccc(C)c1C. The Morgan fingerprint density at radius 3 is 2.44 bits per heavy atom. The molecular weight excluding hydrogens is 222 g/mol. The number of hydrogen-bond acceptors (Lipinski definition) is 2. The van der Waals surface area contributed by atoms with Crippen molar-refractivity contribution in [3.8, 4) is 5.75 Å². The summed E-state index contributed by atoms with van der Waals surface area (Å²) < 4.78 is 5.60. The summed E-state index contributed by atoms with van der Waals surface area (Å²) in [7, 11) is 1.75. The maximum absolute atomic E-state index is 6.50. The van der Waals surface area contributed by atoms with Gasteiger partial charge in [-0.15, -0.1) is 0 Å². The molecule has 0 amide bonds. The van der Waals surface area contributed by atoms with E-state index in [4.69, 9.17) is 10.5 Å². The van der Waals surface area contributed by atoms with Gasteiger partial charge in [-0.25, -0.2) is 0 Å². The third-order valence-electron chi connectivity index (χ3n) is 5.06. The van der Waals surface area contributed by atoms with Crippen molar-refractivity contribution >= 4 is 0 Å². The second-order valence-corrected chi connectivity index (χ2v) is 6.14. The third kappa shape index (κ3) is 1.83. The Kier molecular flexibility index (Phi) is 2.86. The minimum absolute atomic E-state index is 0.145. The van der Waals surface area contributed by atoms with Gasteiger partial charge in [-0.3, -0.25) is 0 Å². The second-order valence-electron chi connectivity index (χ2n) is 6.14. The lowest BCUT2D eigenvalue weighted by atomic mass is 9.88. The van der Waals surface area contributed by atoms with Crippen molar-refractivity contribution in [2.45, 2.75) is 39.2 Å². The topological polar surface area (TPSA) is 35.2 Å². The maximum Gasteiger partial charge on any atom is 0.126 e. The average Bonchev–Trinajstić information content (AvgIpc) is 2.98. The van der Waals surface area contributed by atoms with Gasteiger partial charge in [0, 0.05) is 11.6 Å². The van der Waals surface area contributed by atoms with E-state index >= 15 is 0 Å². The zero-order valence-corrected chi connectivity index (χ0v) is 11.6. The average molecular weight is 245 g/mol. The molecule has 3 unspecified atom stereocenters. The monoisotopic (exact) mass is 245 g/mol. The molecule has 0 bridgehead atoms. The molecule has 3 atom stereocenters. The van der Waals surface area contributed by atoms with Crippen molar-refractivity contribution in [3.05, 3.63) is 28.8 Å². The van der Waals surface area contributed by atoms with Crippen LogP contribution in [0.25, 0.3) is 0 Å². The standard InChI is InChI=1S/C16H23NO/c1-9-4-5-14(16(18-3)10(9)2)15(17)13-7-11-6-12(11)8-13/h4-5,11-13,15H,6-8,17H2,1-3H3. The van der Waals surface area contributed by atoms with Gasteiger partial charge in [0.05, 0.1) is 7.11 Å². The molecule has 2 nitrogen and oxygen atoms in total. The lowest BCUT2D eigenvalue weighted by Crippen LogP contribution is -2.21. The number of hydrogen-bond donors (Lipinski definition) is 1. The molecule has 0 saturated heterocycles. The smallest absolute Gasteiger partial charge is 0.126 e. The van der Waals surface area contributed by atoms with Gasteiger partial charge in [0.25, 0.3) is 0 Å². The predicted molar refractivity (Wildman–Crippen MR) is 73.7 cm³/mol. The van der Waals surface area contributed by atoms with Crippen LogP contribution < -0.4 is 10.5 Å². The highest BCUT2D eigenvalue weighted by Gasteiger charge is 2.47. The first-order valence-corrected chi connectivity index (χ1v) is 7.01. The lowest BCUT2D eigenvalue weighted by Gasteiger charge is -2.24. The van der Waals surface area contributed by atoms with Crippen molar-refractivity contribution in [3.63, 3.8) is 0 Å². The first kappa shape index (κ1) is 12.0. The fraction of sp³-hybridized carbons (Fsp3) is 0.625. The van der Waals surface area contributed by atoms with Gasteiger partial charge in [-0.05, 0) is 62.0 Å². The molecule has 1 aromatic rings. The quantitative estimate of drug-likeness (QED) is 0.886. The normalized spacial score (nSPS) is 31.0. The van der Waals surface area contributed by atoms with Gasteiger partial charge in [-0.2, -0.15) is 0 Å². The fourth-order valence-electron chi connectivity index (χ4n) is 3.65. The van der Waals surface area contributed by atoms with Gasteiger partial charge in [0.2, 0.25) is 0 Å². The minimum atomic E-state index is 0.145. The van der Waals surface area contributed by atoms with E-state index in [-0.39, 0.29) is 6.04 Å². The van der Waals surface area contributed by atoms with Crippen LogP contribution >= 0.6 is 0 Å². The number of benzene rings is 1. The van der Waals surface area contributed by atoms with Crippen molar-refractivity contribution in [2.75, 3.05) is 7.11 Å². The van der Waals surface area contributed by atoms with E-state index in [0.717, 1.165) is 17.6 Å². The molecule has 2 fully saturated rings. The van der Waals surface area contributed by atoms with E-state index in [0.29, 0.717) is 5.92 Å². The summed E-state index contributed by atoms with van der Waals surface area (Å²) >= 11 is 0. The van der Waals surface area contributed by atoms with Crippen molar-refractivity contribution < 1.29 is 4.74 Å². The maximum atomic E-state index is 6.50. The molecule has 3 rings (SSSR count). The molecular formula is C16H23NO.